The molecule has 1 atom stereocenters. The lowest BCUT2D eigenvalue weighted by Crippen LogP contribution is -2.49. The first kappa shape index (κ1) is 16.9. The SMILES string of the molecule is CC(C)NC(=O)C(C)NC(=O)NCc1nc(C(=O)O)cs1. The number of hydrogen-bond acceptors (Lipinski definition) is 5. The quantitative estimate of drug-likeness (QED) is 0.611. The number of hydrogen-bond donors (Lipinski definition) is 4. The van der Waals surface area contributed by atoms with E-state index in [9.17, 15) is 14.4 Å². The second kappa shape index (κ2) is 7.58. The van der Waals surface area contributed by atoms with Crippen LogP contribution in [0.25, 0.3) is 0 Å². The van der Waals surface area contributed by atoms with E-state index in [1.54, 1.807) is 6.92 Å². The van der Waals surface area contributed by atoms with Gasteiger partial charge < -0.3 is 21.1 Å². The highest BCUT2D eigenvalue weighted by Crippen LogP contribution is 2.09. The number of nitrogens with zero attached hydrogens (tertiary/aromatic N) is 1. The van der Waals surface area contributed by atoms with Crippen LogP contribution in [0.2, 0.25) is 0 Å². The first-order valence-corrected chi connectivity index (χ1v) is 7.20. The van der Waals surface area contributed by atoms with E-state index in [2.05, 4.69) is 20.9 Å². The average molecular weight is 314 g/mol. The molecule has 1 heterocycles. The van der Waals surface area contributed by atoms with Gasteiger partial charge in [0.05, 0.1) is 6.54 Å². The van der Waals surface area contributed by atoms with E-state index in [0.717, 1.165) is 11.3 Å². The molecule has 1 unspecified atom stereocenters. The maximum atomic E-state index is 11.6. The third-order valence-corrected chi connectivity index (χ3v) is 3.19. The molecule has 4 N–H and O–H groups in total. The normalized spacial score (nSPS) is 11.8. The molecular weight excluding hydrogens is 296 g/mol. The van der Waals surface area contributed by atoms with Crippen molar-refractivity contribution in [2.45, 2.75) is 39.4 Å². The summed E-state index contributed by atoms with van der Waals surface area (Å²) in [6.45, 7) is 5.33. The molecule has 1 aromatic heterocycles. The summed E-state index contributed by atoms with van der Waals surface area (Å²) in [5, 5.41) is 18.3. The van der Waals surface area contributed by atoms with Crippen molar-refractivity contribution in [1.82, 2.24) is 20.9 Å². The van der Waals surface area contributed by atoms with Gasteiger partial charge in [-0.05, 0) is 20.8 Å². The van der Waals surface area contributed by atoms with Crippen LogP contribution in [0.5, 0.6) is 0 Å². The number of carboxylic acid groups (broad SMARTS) is 1. The molecule has 1 rings (SSSR count). The molecule has 8 nitrogen and oxygen atoms in total. The predicted molar refractivity (Wildman–Crippen MR) is 77.2 cm³/mol. The number of nitrogens with one attached hydrogen (secondary N) is 3. The molecule has 0 aliphatic rings. The van der Waals surface area contributed by atoms with E-state index in [1.807, 2.05) is 13.8 Å². The van der Waals surface area contributed by atoms with Gasteiger partial charge in [-0.15, -0.1) is 11.3 Å². The zero-order chi connectivity index (χ0) is 16.0. The molecule has 3 amide bonds. The van der Waals surface area contributed by atoms with Gasteiger partial charge in [0.25, 0.3) is 0 Å². The minimum atomic E-state index is -1.11. The van der Waals surface area contributed by atoms with Crippen LogP contribution >= 0.6 is 11.3 Å². The molecule has 0 saturated carbocycles. The number of carbonyl (C=O) groups excluding carboxylic acids is 2. The highest BCUT2D eigenvalue weighted by atomic mass is 32.1. The monoisotopic (exact) mass is 314 g/mol. The van der Waals surface area contributed by atoms with Crippen LogP contribution in [0.15, 0.2) is 5.38 Å². The highest BCUT2D eigenvalue weighted by molar-refractivity contribution is 7.09. The van der Waals surface area contributed by atoms with Gasteiger partial charge in [0.15, 0.2) is 5.69 Å². The molecule has 0 aliphatic heterocycles. The van der Waals surface area contributed by atoms with Gasteiger partial charge in [-0.1, -0.05) is 0 Å². The summed E-state index contributed by atoms with van der Waals surface area (Å²) in [6.07, 6.45) is 0. The van der Waals surface area contributed by atoms with Gasteiger partial charge in [-0.2, -0.15) is 0 Å². The molecule has 0 fully saturated rings. The van der Waals surface area contributed by atoms with E-state index in [1.165, 1.54) is 5.38 Å². The molecule has 116 valence electrons. The fourth-order valence-corrected chi connectivity index (χ4v) is 2.08. The molecule has 0 saturated heterocycles. The molecule has 0 spiro atoms. The Kier molecular flexibility index (Phi) is 6.10. The van der Waals surface area contributed by atoms with Crippen LogP contribution in [0, 0.1) is 0 Å². The minimum Gasteiger partial charge on any atom is -0.476 e. The lowest BCUT2D eigenvalue weighted by atomic mass is 10.3. The molecular formula is C12H18N4O4S. The fourth-order valence-electron chi connectivity index (χ4n) is 1.37. The Hall–Kier alpha value is -2.16. The van der Waals surface area contributed by atoms with Crippen LogP contribution in [0.1, 0.15) is 36.3 Å². The van der Waals surface area contributed by atoms with Gasteiger partial charge in [0, 0.05) is 11.4 Å². The maximum absolute atomic E-state index is 11.6. The Balaban J connectivity index is 2.39. The predicted octanol–water partition coefficient (Wildman–Crippen LogP) is 0.554. The number of carboxylic acids is 1. The van der Waals surface area contributed by atoms with Crippen molar-refractivity contribution in [3.05, 3.63) is 16.1 Å². The van der Waals surface area contributed by atoms with Crippen molar-refractivity contribution in [3.8, 4) is 0 Å². The van der Waals surface area contributed by atoms with E-state index in [4.69, 9.17) is 5.11 Å². The third kappa shape index (κ3) is 5.78. The second-order valence-electron chi connectivity index (χ2n) is 4.64. The van der Waals surface area contributed by atoms with Crippen LogP contribution in [-0.2, 0) is 11.3 Å². The van der Waals surface area contributed by atoms with Crippen molar-refractivity contribution in [2.75, 3.05) is 0 Å². The van der Waals surface area contributed by atoms with Crippen molar-refractivity contribution < 1.29 is 19.5 Å². The first-order chi connectivity index (χ1) is 9.79. The smallest absolute Gasteiger partial charge is 0.355 e. The number of urea groups is 1. The molecule has 0 bridgehead atoms. The zero-order valence-corrected chi connectivity index (χ0v) is 12.8. The van der Waals surface area contributed by atoms with Gasteiger partial charge in [0.2, 0.25) is 5.91 Å². The van der Waals surface area contributed by atoms with E-state index < -0.39 is 18.0 Å². The average Bonchev–Trinajstić information content (AvgIpc) is 2.84. The van der Waals surface area contributed by atoms with Gasteiger partial charge >= 0.3 is 12.0 Å². The second-order valence-corrected chi connectivity index (χ2v) is 5.59. The Morgan fingerprint density at radius 3 is 2.48 bits per heavy atom. The molecule has 21 heavy (non-hydrogen) atoms. The topological polar surface area (TPSA) is 120 Å². The lowest BCUT2D eigenvalue weighted by molar-refractivity contribution is -0.123. The number of aromatic carboxylic acids is 1. The van der Waals surface area contributed by atoms with Crippen molar-refractivity contribution in [1.29, 1.82) is 0 Å². The van der Waals surface area contributed by atoms with E-state index in [0.29, 0.717) is 5.01 Å². The largest absolute Gasteiger partial charge is 0.476 e. The summed E-state index contributed by atoms with van der Waals surface area (Å²) >= 11 is 1.14. The number of rotatable bonds is 6. The van der Waals surface area contributed by atoms with Gasteiger partial charge in [-0.3, -0.25) is 4.79 Å². The molecule has 0 radical (unpaired) electrons. The van der Waals surface area contributed by atoms with Crippen molar-refractivity contribution in [3.63, 3.8) is 0 Å². The van der Waals surface area contributed by atoms with E-state index in [-0.39, 0.29) is 24.2 Å². The fraction of sp³-hybridized carbons (Fsp3) is 0.500. The number of carbonyl (C=O) groups is 3. The zero-order valence-electron chi connectivity index (χ0n) is 12.0. The van der Waals surface area contributed by atoms with Gasteiger partial charge in [0.1, 0.15) is 11.0 Å². The minimum absolute atomic E-state index is 0.00503. The number of thiazole rings is 1. The number of aromatic nitrogens is 1. The van der Waals surface area contributed by atoms with E-state index >= 15 is 0 Å². The van der Waals surface area contributed by atoms with Gasteiger partial charge in [-0.25, -0.2) is 14.6 Å². The molecule has 9 heteroatoms. The lowest BCUT2D eigenvalue weighted by Gasteiger charge is -2.16. The summed E-state index contributed by atoms with van der Waals surface area (Å²) in [5.74, 6) is -1.39. The summed E-state index contributed by atoms with van der Waals surface area (Å²) in [6, 6.07) is -1.19. The summed E-state index contributed by atoms with van der Waals surface area (Å²) < 4.78 is 0. The highest BCUT2D eigenvalue weighted by Gasteiger charge is 2.16. The Morgan fingerprint density at radius 2 is 1.95 bits per heavy atom. The summed E-state index contributed by atoms with van der Waals surface area (Å²) in [7, 11) is 0. The Labute approximate surface area is 126 Å². The standard InChI is InChI=1S/C12H18N4O4S/c1-6(2)14-10(17)7(3)15-12(20)13-4-9-16-8(5-21-9)11(18)19/h5-7H,4H2,1-3H3,(H,14,17)(H,18,19)(H2,13,15,20). The summed E-state index contributed by atoms with van der Waals surface area (Å²) in [4.78, 5) is 37.7. The molecule has 0 aromatic carbocycles. The van der Waals surface area contributed by atoms with Crippen LogP contribution in [0.4, 0.5) is 4.79 Å². The maximum Gasteiger partial charge on any atom is 0.355 e. The Morgan fingerprint density at radius 1 is 1.29 bits per heavy atom. The van der Waals surface area contributed by atoms with Crippen LogP contribution in [0.3, 0.4) is 0 Å². The van der Waals surface area contributed by atoms with Crippen molar-refractivity contribution >= 4 is 29.2 Å². The van der Waals surface area contributed by atoms with Crippen molar-refractivity contribution in [2.24, 2.45) is 0 Å². The molecule has 0 aliphatic carbocycles. The first-order valence-electron chi connectivity index (χ1n) is 6.32. The summed E-state index contributed by atoms with van der Waals surface area (Å²) in [5.41, 5.74) is -0.0538. The molecule has 1 aromatic rings. The Bertz CT molecular complexity index is 529. The van der Waals surface area contributed by atoms with Crippen LogP contribution < -0.4 is 16.0 Å². The number of amides is 3. The van der Waals surface area contributed by atoms with Crippen LogP contribution in [-0.4, -0.2) is 40.1 Å². The third-order valence-electron chi connectivity index (χ3n) is 2.34.